The van der Waals surface area contributed by atoms with E-state index < -0.39 is 0 Å². The minimum Gasteiger partial charge on any atom is -0.396 e. The zero-order chi connectivity index (χ0) is 11.9. The molecule has 0 aromatic heterocycles. The molecule has 1 heteroatoms. The van der Waals surface area contributed by atoms with E-state index in [1.54, 1.807) is 11.1 Å². The van der Waals surface area contributed by atoms with Crippen molar-refractivity contribution in [2.45, 2.75) is 45.4 Å². The van der Waals surface area contributed by atoms with Gasteiger partial charge in [-0.2, -0.15) is 0 Å². The molecule has 0 radical (unpaired) electrons. The summed E-state index contributed by atoms with van der Waals surface area (Å²) >= 11 is 0. The van der Waals surface area contributed by atoms with Gasteiger partial charge in [-0.1, -0.05) is 25.1 Å². The van der Waals surface area contributed by atoms with Gasteiger partial charge in [0.2, 0.25) is 0 Å². The van der Waals surface area contributed by atoms with Gasteiger partial charge in [0.1, 0.15) is 0 Å². The topological polar surface area (TPSA) is 20.2 Å². The fourth-order valence-corrected chi connectivity index (χ4v) is 3.31. The van der Waals surface area contributed by atoms with Crippen molar-refractivity contribution in [2.24, 2.45) is 11.3 Å². The summed E-state index contributed by atoms with van der Waals surface area (Å²) < 4.78 is 0. The zero-order valence-electron chi connectivity index (χ0n) is 10.7. The van der Waals surface area contributed by atoms with E-state index in [9.17, 15) is 5.11 Å². The highest BCUT2D eigenvalue weighted by Gasteiger charge is 2.40. The highest BCUT2D eigenvalue weighted by atomic mass is 16.3. The molecule has 1 nitrogen and oxygen atoms in total. The Morgan fingerprint density at radius 2 is 2.00 bits per heavy atom. The summed E-state index contributed by atoms with van der Waals surface area (Å²) in [4.78, 5) is 0. The number of hydrogen-bond acceptors (Lipinski definition) is 1. The van der Waals surface area contributed by atoms with Crippen molar-refractivity contribution in [3.63, 3.8) is 0 Å². The fraction of sp³-hybridized carbons (Fsp3) is 0.625. The van der Waals surface area contributed by atoms with Gasteiger partial charge in [0, 0.05) is 6.61 Å². The van der Waals surface area contributed by atoms with Crippen molar-refractivity contribution in [1.29, 1.82) is 0 Å². The van der Waals surface area contributed by atoms with Gasteiger partial charge >= 0.3 is 0 Å². The number of benzene rings is 1. The average Bonchev–Trinajstić information content (AvgIpc) is 3.09. The number of aliphatic hydroxyl groups is 1. The van der Waals surface area contributed by atoms with Gasteiger partial charge in [-0.3, -0.25) is 0 Å². The fourth-order valence-electron chi connectivity index (χ4n) is 3.31. The predicted molar refractivity (Wildman–Crippen MR) is 70.1 cm³/mol. The van der Waals surface area contributed by atoms with Gasteiger partial charge in [0.05, 0.1) is 0 Å². The highest BCUT2D eigenvalue weighted by Crippen LogP contribution is 2.47. The van der Waals surface area contributed by atoms with Crippen molar-refractivity contribution in [1.82, 2.24) is 0 Å². The molecule has 0 amide bonds. The molecular weight excluding hydrogens is 208 g/mol. The van der Waals surface area contributed by atoms with E-state index in [4.69, 9.17) is 0 Å². The second-order valence-corrected chi connectivity index (χ2v) is 6.22. The first-order valence-electron chi connectivity index (χ1n) is 6.93. The van der Waals surface area contributed by atoms with Gasteiger partial charge in [0.25, 0.3) is 0 Å². The van der Waals surface area contributed by atoms with Gasteiger partial charge in [-0.25, -0.2) is 0 Å². The lowest BCUT2D eigenvalue weighted by molar-refractivity contribution is 0.119. The zero-order valence-corrected chi connectivity index (χ0v) is 10.7. The minimum absolute atomic E-state index is 0.118. The second-order valence-electron chi connectivity index (χ2n) is 6.22. The van der Waals surface area contributed by atoms with Crippen molar-refractivity contribution in [2.75, 3.05) is 6.61 Å². The van der Waals surface area contributed by atoms with Crippen LogP contribution >= 0.6 is 0 Å². The van der Waals surface area contributed by atoms with Crippen molar-refractivity contribution in [3.8, 4) is 0 Å². The van der Waals surface area contributed by atoms with Crippen molar-refractivity contribution < 1.29 is 5.11 Å². The van der Waals surface area contributed by atoms with E-state index in [0.29, 0.717) is 6.61 Å². The molecule has 0 spiro atoms. The van der Waals surface area contributed by atoms with Crippen LogP contribution in [0.15, 0.2) is 18.2 Å². The maximum Gasteiger partial charge on any atom is 0.0490 e. The lowest BCUT2D eigenvalue weighted by atomic mass is 9.79. The van der Waals surface area contributed by atoms with Crippen LogP contribution in [-0.2, 0) is 19.3 Å². The number of aryl methyl sites for hydroxylation is 2. The van der Waals surface area contributed by atoms with Crippen LogP contribution in [0.25, 0.3) is 0 Å². The molecule has 0 aliphatic heterocycles. The van der Waals surface area contributed by atoms with Crippen LogP contribution in [-0.4, -0.2) is 11.7 Å². The Kier molecular flexibility index (Phi) is 2.74. The lowest BCUT2D eigenvalue weighted by Crippen LogP contribution is -2.26. The van der Waals surface area contributed by atoms with Crippen LogP contribution < -0.4 is 0 Å². The van der Waals surface area contributed by atoms with Gasteiger partial charge < -0.3 is 5.11 Å². The predicted octanol–water partition coefficient (Wildman–Crippen LogP) is 3.13. The molecule has 1 aromatic carbocycles. The molecule has 1 unspecified atom stereocenters. The molecule has 0 bridgehead atoms. The van der Waals surface area contributed by atoms with Crippen molar-refractivity contribution in [3.05, 3.63) is 34.9 Å². The molecule has 1 aromatic rings. The Balaban J connectivity index is 1.80. The number of rotatable bonds is 4. The molecular formula is C16H22O. The molecule has 0 heterocycles. The van der Waals surface area contributed by atoms with E-state index in [0.717, 1.165) is 12.3 Å². The highest BCUT2D eigenvalue weighted by molar-refractivity contribution is 5.35. The summed E-state index contributed by atoms with van der Waals surface area (Å²) in [6.07, 6.45) is 7.49. The maximum absolute atomic E-state index is 9.65. The van der Waals surface area contributed by atoms with Crippen LogP contribution in [0.5, 0.6) is 0 Å². The number of hydrogen-bond donors (Lipinski definition) is 1. The number of aliphatic hydroxyl groups excluding tert-OH is 1. The van der Waals surface area contributed by atoms with E-state index in [1.807, 2.05) is 0 Å². The van der Waals surface area contributed by atoms with Crippen LogP contribution in [0.4, 0.5) is 0 Å². The molecule has 1 atom stereocenters. The maximum atomic E-state index is 9.65. The van der Waals surface area contributed by atoms with Gasteiger partial charge in [-0.15, -0.1) is 0 Å². The third-order valence-electron chi connectivity index (χ3n) is 4.70. The van der Waals surface area contributed by atoms with E-state index in [-0.39, 0.29) is 5.41 Å². The summed E-state index contributed by atoms with van der Waals surface area (Å²) in [5.41, 5.74) is 4.64. The second kappa shape index (κ2) is 4.13. The minimum atomic E-state index is 0.118. The SMILES string of the molecule is CC(CO)(Cc1ccc2c(c1)CCC2)C1CC1. The smallest absolute Gasteiger partial charge is 0.0490 e. The van der Waals surface area contributed by atoms with E-state index in [2.05, 4.69) is 25.1 Å². The largest absolute Gasteiger partial charge is 0.396 e. The molecule has 0 saturated heterocycles. The monoisotopic (exact) mass is 230 g/mol. The Morgan fingerprint density at radius 1 is 1.24 bits per heavy atom. The van der Waals surface area contributed by atoms with Crippen molar-refractivity contribution >= 4 is 0 Å². The summed E-state index contributed by atoms with van der Waals surface area (Å²) in [5.74, 6) is 0.751. The van der Waals surface area contributed by atoms with E-state index in [1.165, 1.54) is 37.7 Å². The Bertz CT molecular complexity index is 420. The van der Waals surface area contributed by atoms with Crippen LogP contribution in [0.1, 0.15) is 42.9 Å². The van der Waals surface area contributed by atoms with Gasteiger partial charge in [0.15, 0.2) is 0 Å². The van der Waals surface area contributed by atoms with Crippen LogP contribution in [0.3, 0.4) is 0 Å². The van der Waals surface area contributed by atoms with Crippen LogP contribution in [0.2, 0.25) is 0 Å². The number of fused-ring (bicyclic) bond motifs is 1. The Labute approximate surface area is 104 Å². The van der Waals surface area contributed by atoms with Crippen LogP contribution in [0, 0.1) is 11.3 Å². The lowest BCUT2D eigenvalue weighted by Gasteiger charge is -2.27. The average molecular weight is 230 g/mol. The summed E-state index contributed by atoms with van der Waals surface area (Å²) in [6.45, 7) is 2.58. The Hall–Kier alpha value is -0.820. The third kappa shape index (κ3) is 2.13. The van der Waals surface area contributed by atoms with Gasteiger partial charge in [-0.05, 0) is 66.5 Å². The first-order valence-corrected chi connectivity index (χ1v) is 6.93. The molecule has 2 aliphatic rings. The molecule has 17 heavy (non-hydrogen) atoms. The summed E-state index contributed by atoms with van der Waals surface area (Å²) in [5, 5.41) is 9.65. The molecule has 2 aliphatic carbocycles. The summed E-state index contributed by atoms with van der Waals surface area (Å²) in [6, 6.07) is 6.97. The third-order valence-corrected chi connectivity index (χ3v) is 4.70. The molecule has 1 saturated carbocycles. The Morgan fingerprint density at radius 3 is 2.71 bits per heavy atom. The first-order chi connectivity index (χ1) is 8.21. The molecule has 1 fully saturated rings. The standard InChI is InChI=1S/C16H22O/c1-16(11-17,15-7-8-15)10-12-5-6-13-3-2-4-14(13)9-12/h5-6,9,15,17H,2-4,7-8,10-11H2,1H3. The molecule has 92 valence electrons. The molecule has 3 rings (SSSR count). The molecule has 1 N–H and O–H groups in total. The summed E-state index contributed by atoms with van der Waals surface area (Å²) in [7, 11) is 0. The quantitative estimate of drug-likeness (QED) is 0.842. The normalized spacial score (nSPS) is 22.2. The first kappa shape index (κ1) is 11.3. The van der Waals surface area contributed by atoms with E-state index >= 15 is 0 Å².